The van der Waals surface area contributed by atoms with Crippen LogP contribution in [0.2, 0.25) is 0 Å². The Labute approximate surface area is 108 Å². The number of carbonyl (C=O) groups is 1. The van der Waals surface area contributed by atoms with Gasteiger partial charge in [-0.15, -0.1) is 11.3 Å². The molecule has 0 atom stereocenters. The maximum atomic E-state index is 13.5. The average molecular weight is 265 g/mol. The third kappa shape index (κ3) is 2.73. The van der Waals surface area contributed by atoms with E-state index in [9.17, 15) is 9.18 Å². The summed E-state index contributed by atoms with van der Waals surface area (Å²) in [5, 5.41) is 2.89. The average Bonchev–Trinajstić information content (AvgIpc) is 2.85. The van der Waals surface area contributed by atoms with Gasteiger partial charge in [-0.1, -0.05) is 13.0 Å². The van der Waals surface area contributed by atoms with Gasteiger partial charge in [-0.05, 0) is 18.6 Å². The molecule has 5 heteroatoms. The highest BCUT2D eigenvalue weighted by atomic mass is 32.1. The summed E-state index contributed by atoms with van der Waals surface area (Å²) in [5.74, 6) is -0.552. The van der Waals surface area contributed by atoms with Crippen LogP contribution in [0.15, 0.2) is 23.6 Å². The highest BCUT2D eigenvalue weighted by Gasteiger charge is 2.10. The summed E-state index contributed by atoms with van der Waals surface area (Å²) in [6, 6.07) is 4.26. The van der Waals surface area contributed by atoms with Crippen molar-refractivity contribution in [2.45, 2.75) is 20.0 Å². The van der Waals surface area contributed by atoms with E-state index in [-0.39, 0.29) is 17.9 Å². The van der Waals surface area contributed by atoms with Crippen LogP contribution in [0.25, 0.3) is 0 Å². The van der Waals surface area contributed by atoms with Gasteiger partial charge in [0.05, 0.1) is 16.3 Å². The number of para-hydroxylation sites is 1. The quantitative estimate of drug-likeness (QED) is 0.779. The number of aromatic nitrogens is 1. The summed E-state index contributed by atoms with van der Waals surface area (Å²) < 4.78 is 18.9. The normalized spacial score (nSPS) is 10.3. The molecule has 0 fully saturated rings. The van der Waals surface area contributed by atoms with Crippen LogP contribution < -0.4 is 4.74 Å². The molecular formula is C13H12FNO2S. The van der Waals surface area contributed by atoms with Crippen LogP contribution in [-0.4, -0.2) is 11.3 Å². The predicted molar refractivity (Wildman–Crippen MR) is 67.6 cm³/mol. The molecule has 2 rings (SSSR count). The zero-order valence-electron chi connectivity index (χ0n) is 9.85. The molecule has 94 valence electrons. The van der Waals surface area contributed by atoms with Crippen LogP contribution in [0.3, 0.4) is 0 Å². The topological polar surface area (TPSA) is 39.2 Å². The van der Waals surface area contributed by atoms with E-state index in [2.05, 4.69) is 4.98 Å². The molecule has 0 aliphatic rings. The first kappa shape index (κ1) is 12.7. The second-order valence-corrected chi connectivity index (χ2v) is 4.59. The number of nitrogens with zero attached hydrogens (tertiary/aromatic N) is 1. The van der Waals surface area contributed by atoms with Crippen molar-refractivity contribution >= 4 is 17.6 Å². The maximum Gasteiger partial charge on any atom is 0.166 e. The SMILES string of the molecule is CCc1nc(COc2c(F)cccc2C=O)cs1. The van der Waals surface area contributed by atoms with Gasteiger partial charge in [-0.25, -0.2) is 9.37 Å². The van der Waals surface area contributed by atoms with Crippen molar-refractivity contribution in [3.05, 3.63) is 45.7 Å². The number of aryl methyl sites for hydroxylation is 1. The van der Waals surface area contributed by atoms with Crippen LogP contribution >= 0.6 is 11.3 Å². The minimum Gasteiger partial charge on any atom is -0.483 e. The van der Waals surface area contributed by atoms with E-state index in [4.69, 9.17) is 4.74 Å². The van der Waals surface area contributed by atoms with Gasteiger partial charge >= 0.3 is 0 Å². The molecule has 1 aromatic carbocycles. The fourth-order valence-corrected chi connectivity index (χ4v) is 2.22. The largest absolute Gasteiger partial charge is 0.483 e. The van der Waals surface area contributed by atoms with Crippen molar-refractivity contribution in [1.29, 1.82) is 0 Å². The molecule has 1 heterocycles. The van der Waals surface area contributed by atoms with Crippen LogP contribution in [-0.2, 0) is 13.0 Å². The van der Waals surface area contributed by atoms with Crippen LogP contribution in [0, 0.1) is 5.82 Å². The number of thiazole rings is 1. The fraction of sp³-hybridized carbons (Fsp3) is 0.231. The van der Waals surface area contributed by atoms with Gasteiger partial charge in [0.1, 0.15) is 6.61 Å². The first-order chi connectivity index (χ1) is 8.74. The van der Waals surface area contributed by atoms with Gasteiger partial charge < -0.3 is 4.74 Å². The zero-order valence-corrected chi connectivity index (χ0v) is 10.7. The van der Waals surface area contributed by atoms with Crippen LogP contribution in [0.4, 0.5) is 4.39 Å². The molecule has 2 aromatic rings. The van der Waals surface area contributed by atoms with Crippen molar-refractivity contribution < 1.29 is 13.9 Å². The molecule has 0 bridgehead atoms. The summed E-state index contributed by atoms with van der Waals surface area (Å²) in [6.07, 6.45) is 1.45. The first-order valence-electron chi connectivity index (χ1n) is 5.54. The van der Waals surface area contributed by atoms with Crippen LogP contribution in [0.5, 0.6) is 5.75 Å². The molecule has 0 N–H and O–H groups in total. The number of rotatable bonds is 5. The number of carbonyl (C=O) groups excluding carboxylic acids is 1. The zero-order chi connectivity index (χ0) is 13.0. The summed E-state index contributed by atoms with van der Waals surface area (Å²) >= 11 is 1.54. The molecule has 0 spiro atoms. The molecule has 0 saturated heterocycles. The lowest BCUT2D eigenvalue weighted by Gasteiger charge is -2.07. The molecule has 3 nitrogen and oxygen atoms in total. The Morgan fingerprint density at radius 2 is 2.33 bits per heavy atom. The maximum absolute atomic E-state index is 13.5. The molecule has 0 aliphatic carbocycles. The lowest BCUT2D eigenvalue weighted by Crippen LogP contribution is -2.01. The van der Waals surface area contributed by atoms with Crippen molar-refractivity contribution in [1.82, 2.24) is 4.98 Å². The van der Waals surface area contributed by atoms with Crippen molar-refractivity contribution in [3.63, 3.8) is 0 Å². The minimum absolute atomic E-state index is 0.0152. The standard InChI is InChI=1S/C13H12FNO2S/c1-2-12-15-10(8-18-12)7-17-13-9(6-16)4-3-5-11(13)14/h3-6,8H,2,7H2,1H3. The molecule has 0 amide bonds. The number of ether oxygens (including phenoxy) is 1. The van der Waals surface area contributed by atoms with E-state index >= 15 is 0 Å². The number of halogens is 1. The summed E-state index contributed by atoms with van der Waals surface area (Å²) in [7, 11) is 0. The van der Waals surface area contributed by atoms with Crippen molar-refractivity contribution in [2.24, 2.45) is 0 Å². The van der Waals surface area contributed by atoms with Gasteiger partial charge in [-0.2, -0.15) is 0 Å². The van der Waals surface area contributed by atoms with E-state index in [1.165, 1.54) is 18.2 Å². The number of benzene rings is 1. The van der Waals surface area contributed by atoms with E-state index in [1.54, 1.807) is 11.3 Å². The fourth-order valence-electron chi connectivity index (χ4n) is 1.49. The third-order valence-corrected chi connectivity index (χ3v) is 3.43. The summed E-state index contributed by atoms with van der Waals surface area (Å²) in [4.78, 5) is 15.1. The molecule has 1 aromatic heterocycles. The van der Waals surface area contributed by atoms with Crippen molar-refractivity contribution in [3.8, 4) is 5.75 Å². The number of hydrogen-bond donors (Lipinski definition) is 0. The van der Waals surface area contributed by atoms with E-state index in [1.807, 2.05) is 12.3 Å². The van der Waals surface area contributed by atoms with Gasteiger partial charge in [0.2, 0.25) is 0 Å². The van der Waals surface area contributed by atoms with Crippen molar-refractivity contribution in [2.75, 3.05) is 0 Å². The Kier molecular flexibility index (Phi) is 4.04. The Morgan fingerprint density at radius 3 is 3.00 bits per heavy atom. The van der Waals surface area contributed by atoms with Gasteiger partial charge in [0.15, 0.2) is 17.9 Å². The molecule has 0 unspecified atom stereocenters. The highest BCUT2D eigenvalue weighted by Crippen LogP contribution is 2.22. The monoisotopic (exact) mass is 265 g/mol. The minimum atomic E-state index is -0.537. The second-order valence-electron chi connectivity index (χ2n) is 3.65. The Balaban J connectivity index is 2.12. The second kappa shape index (κ2) is 5.73. The highest BCUT2D eigenvalue weighted by molar-refractivity contribution is 7.09. The lowest BCUT2D eigenvalue weighted by molar-refractivity contribution is 0.111. The smallest absolute Gasteiger partial charge is 0.166 e. The van der Waals surface area contributed by atoms with E-state index in [0.717, 1.165) is 17.1 Å². The van der Waals surface area contributed by atoms with E-state index < -0.39 is 5.82 Å². The molecule has 18 heavy (non-hydrogen) atoms. The molecule has 0 radical (unpaired) electrons. The molecule has 0 aliphatic heterocycles. The van der Waals surface area contributed by atoms with Gasteiger partial charge in [0, 0.05) is 5.38 Å². The van der Waals surface area contributed by atoms with Gasteiger partial charge in [0.25, 0.3) is 0 Å². The lowest BCUT2D eigenvalue weighted by atomic mass is 10.2. The Morgan fingerprint density at radius 1 is 1.50 bits per heavy atom. The predicted octanol–water partition coefficient (Wildman–Crippen LogP) is 3.24. The number of hydrogen-bond acceptors (Lipinski definition) is 4. The number of aldehydes is 1. The summed E-state index contributed by atoms with van der Waals surface area (Å²) in [6.45, 7) is 2.18. The summed E-state index contributed by atoms with van der Waals surface area (Å²) in [5.41, 5.74) is 0.956. The molecular weight excluding hydrogens is 253 g/mol. The molecule has 0 saturated carbocycles. The Hall–Kier alpha value is -1.75. The van der Waals surface area contributed by atoms with Gasteiger partial charge in [-0.3, -0.25) is 4.79 Å². The third-order valence-electron chi connectivity index (χ3n) is 2.39. The van der Waals surface area contributed by atoms with Crippen LogP contribution in [0.1, 0.15) is 28.0 Å². The first-order valence-corrected chi connectivity index (χ1v) is 6.42. The van der Waals surface area contributed by atoms with E-state index in [0.29, 0.717) is 6.29 Å². The Bertz CT molecular complexity index is 554.